The number of rotatable bonds is 4. The molecule has 0 aliphatic heterocycles. The van der Waals surface area contributed by atoms with Crippen LogP contribution >= 0.6 is 11.3 Å². The Kier molecular flexibility index (Phi) is 5.80. The van der Waals surface area contributed by atoms with Crippen molar-refractivity contribution in [3.05, 3.63) is 182 Å². The van der Waals surface area contributed by atoms with E-state index in [1.54, 1.807) is 0 Å². The van der Waals surface area contributed by atoms with Crippen LogP contribution in [0.3, 0.4) is 0 Å². The SMILES string of the molecule is c1cc(-c2ccc3sc4ccc(-c5cccc(-n6c7cccc8ccc9cccc6c9c87)c5)cc4c3c2)cc(-n2c3cccc4ccc5cccc2c5c43)c1. The average Bonchev–Trinajstić information content (AvgIpc) is 3.91. The molecule has 0 fully saturated rings. The van der Waals surface area contributed by atoms with E-state index in [-0.39, 0.29) is 0 Å². The largest absolute Gasteiger partial charge is 0.309 e. The molecule has 13 aromatic rings. The van der Waals surface area contributed by atoms with Crippen LogP contribution in [0, 0.1) is 0 Å². The van der Waals surface area contributed by atoms with Crippen molar-refractivity contribution in [2.24, 2.45) is 0 Å². The monoisotopic (exact) mass is 714 g/mol. The first kappa shape index (κ1) is 29.5. The summed E-state index contributed by atoms with van der Waals surface area (Å²) in [6.07, 6.45) is 0. The van der Waals surface area contributed by atoms with Gasteiger partial charge in [-0.15, -0.1) is 11.3 Å². The van der Waals surface area contributed by atoms with Crippen LogP contribution in [0.4, 0.5) is 0 Å². The zero-order chi connectivity index (χ0) is 35.8. The molecule has 3 heteroatoms. The lowest BCUT2D eigenvalue weighted by Gasteiger charge is -2.11. The van der Waals surface area contributed by atoms with Crippen LogP contribution in [0.2, 0.25) is 0 Å². The lowest BCUT2D eigenvalue weighted by molar-refractivity contribution is 1.18. The Labute approximate surface area is 320 Å². The quantitative estimate of drug-likeness (QED) is 0.161. The molecule has 0 radical (unpaired) electrons. The van der Waals surface area contributed by atoms with Gasteiger partial charge >= 0.3 is 0 Å². The topological polar surface area (TPSA) is 9.86 Å². The lowest BCUT2D eigenvalue weighted by atomic mass is 9.99. The molecule has 0 saturated carbocycles. The Morgan fingerprint density at radius 1 is 0.291 bits per heavy atom. The summed E-state index contributed by atoms with van der Waals surface area (Å²) in [5, 5.41) is 13.1. The Morgan fingerprint density at radius 2 is 0.636 bits per heavy atom. The van der Waals surface area contributed by atoms with E-state index in [1.165, 1.54) is 119 Å². The number of aromatic nitrogens is 2. The summed E-state index contributed by atoms with van der Waals surface area (Å²) >= 11 is 1.87. The van der Waals surface area contributed by atoms with Crippen LogP contribution < -0.4 is 0 Å². The van der Waals surface area contributed by atoms with Crippen molar-refractivity contribution in [2.45, 2.75) is 0 Å². The van der Waals surface area contributed by atoms with E-state index in [2.05, 4.69) is 191 Å². The van der Waals surface area contributed by atoms with Crippen LogP contribution in [0.5, 0.6) is 0 Å². The van der Waals surface area contributed by atoms with E-state index in [0.29, 0.717) is 0 Å². The van der Waals surface area contributed by atoms with Gasteiger partial charge in [0.05, 0.1) is 22.1 Å². The normalized spacial score (nSPS) is 12.4. The number of hydrogen-bond acceptors (Lipinski definition) is 1. The highest BCUT2D eigenvalue weighted by Crippen LogP contribution is 2.43. The summed E-state index contributed by atoms with van der Waals surface area (Å²) in [4.78, 5) is 0. The minimum Gasteiger partial charge on any atom is -0.309 e. The van der Waals surface area contributed by atoms with Crippen molar-refractivity contribution < 1.29 is 0 Å². The summed E-state index contributed by atoms with van der Waals surface area (Å²) in [6, 6.07) is 67.8. The predicted molar refractivity (Wildman–Crippen MR) is 236 cm³/mol. The van der Waals surface area contributed by atoms with Crippen LogP contribution in [-0.4, -0.2) is 9.13 Å². The van der Waals surface area contributed by atoms with Crippen molar-refractivity contribution in [1.82, 2.24) is 9.13 Å². The third-order valence-electron chi connectivity index (χ3n) is 12.0. The number of thiophene rings is 1. The molecule has 0 saturated heterocycles. The van der Waals surface area contributed by atoms with Crippen molar-refractivity contribution in [2.75, 3.05) is 0 Å². The number of nitrogens with zero attached hydrogens (tertiary/aromatic N) is 2. The molecular weight excluding hydrogens is 685 g/mol. The molecule has 0 N–H and O–H groups in total. The van der Waals surface area contributed by atoms with Crippen molar-refractivity contribution >= 4 is 96.7 Å². The van der Waals surface area contributed by atoms with Gasteiger partial charge in [-0.1, -0.05) is 109 Å². The highest BCUT2D eigenvalue weighted by atomic mass is 32.1. The highest BCUT2D eigenvalue weighted by molar-refractivity contribution is 7.25. The van der Waals surface area contributed by atoms with E-state index >= 15 is 0 Å². The Hall–Kier alpha value is -6.94. The molecule has 2 nitrogen and oxygen atoms in total. The van der Waals surface area contributed by atoms with Gasteiger partial charge in [-0.3, -0.25) is 0 Å². The summed E-state index contributed by atoms with van der Waals surface area (Å²) in [5.74, 6) is 0. The van der Waals surface area contributed by atoms with Crippen LogP contribution in [-0.2, 0) is 0 Å². The molecule has 55 heavy (non-hydrogen) atoms. The molecule has 13 rings (SSSR count). The highest BCUT2D eigenvalue weighted by Gasteiger charge is 2.19. The van der Waals surface area contributed by atoms with Crippen LogP contribution in [0.15, 0.2) is 182 Å². The molecule has 3 heterocycles. The van der Waals surface area contributed by atoms with Gasteiger partial charge in [-0.2, -0.15) is 0 Å². The van der Waals surface area contributed by atoms with Gasteiger partial charge in [0.2, 0.25) is 0 Å². The average molecular weight is 715 g/mol. The summed E-state index contributed by atoms with van der Waals surface area (Å²) in [7, 11) is 0. The maximum absolute atomic E-state index is 2.44. The Balaban J connectivity index is 0.936. The summed E-state index contributed by atoms with van der Waals surface area (Å²) in [5.41, 5.74) is 12.3. The van der Waals surface area contributed by atoms with E-state index < -0.39 is 0 Å². The zero-order valence-corrected chi connectivity index (χ0v) is 30.4. The summed E-state index contributed by atoms with van der Waals surface area (Å²) in [6.45, 7) is 0. The van der Waals surface area contributed by atoms with Crippen LogP contribution in [0.25, 0.3) is 119 Å². The second kappa shape index (κ2) is 10.8. The molecule has 3 aromatic heterocycles. The minimum absolute atomic E-state index is 1.18. The maximum atomic E-state index is 2.44. The molecule has 0 amide bonds. The van der Waals surface area contributed by atoms with Crippen molar-refractivity contribution in [3.8, 4) is 33.6 Å². The molecule has 0 bridgehead atoms. The second-order valence-corrected chi connectivity index (χ2v) is 16.0. The first-order valence-corrected chi connectivity index (χ1v) is 19.7. The molecule has 0 spiro atoms. The maximum Gasteiger partial charge on any atom is 0.0547 e. The number of benzene rings is 10. The van der Waals surface area contributed by atoms with E-state index in [9.17, 15) is 0 Å². The molecule has 10 aromatic carbocycles. The van der Waals surface area contributed by atoms with Gasteiger partial charge in [0.25, 0.3) is 0 Å². The molecule has 0 unspecified atom stereocenters. The second-order valence-electron chi connectivity index (χ2n) is 14.9. The Morgan fingerprint density at radius 3 is 1.02 bits per heavy atom. The van der Waals surface area contributed by atoms with Gasteiger partial charge < -0.3 is 9.13 Å². The molecular formula is C52H30N2S. The van der Waals surface area contributed by atoms with Gasteiger partial charge in [-0.05, 0) is 117 Å². The Bertz CT molecular complexity index is 3290. The van der Waals surface area contributed by atoms with E-state index in [4.69, 9.17) is 0 Å². The summed E-state index contributed by atoms with van der Waals surface area (Å²) < 4.78 is 7.50. The predicted octanol–water partition coefficient (Wildman–Crippen LogP) is 14.8. The third kappa shape index (κ3) is 4.08. The fraction of sp³-hybridized carbons (Fsp3) is 0. The van der Waals surface area contributed by atoms with E-state index in [0.717, 1.165) is 0 Å². The van der Waals surface area contributed by atoms with Gasteiger partial charge in [0, 0.05) is 53.1 Å². The van der Waals surface area contributed by atoms with Gasteiger partial charge in [-0.25, -0.2) is 0 Å². The lowest BCUT2D eigenvalue weighted by Crippen LogP contribution is -1.94. The molecule has 0 atom stereocenters. The van der Waals surface area contributed by atoms with Gasteiger partial charge in [0.15, 0.2) is 0 Å². The smallest absolute Gasteiger partial charge is 0.0547 e. The first-order chi connectivity index (χ1) is 27.2. The van der Waals surface area contributed by atoms with E-state index in [1.807, 2.05) is 11.3 Å². The number of fused-ring (bicyclic) bond motifs is 3. The van der Waals surface area contributed by atoms with Gasteiger partial charge in [0.1, 0.15) is 0 Å². The molecule has 0 aliphatic rings. The third-order valence-corrected chi connectivity index (χ3v) is 13.1. The van der Waals surface area contributed by atoms with Crippen molar-refractivity contribution in [3.63, 3.8) is 0 Å². The fourth-order valence-corrected chi connectivity index (χ4v) is 10.6. The molecule has 254 valence electrons. The molecule has 0 aliphatic carbocycles. The fourth-order valence-electron chi connectivity index (χ4n) is 9.58. The van der Waals surface area contributed by atoms with Crippen LogP contribution in [0.1, 0.15) is 0 Å². The minimum atomic E-state index is 1.18. The number of hydrogen-bond donors (Lipinski definition) is 0. The van der Waals surface area contributed by atoms with Crippen molar-refractivity contribution in [1.29, 1.82) is 0 Å². The zero-order valence-electron chi connectivity index (χ0n) is 29.6. The first-order valence-electron chi connectivity index (χ1n) is 18.9. The standard InChI is InChI=1S/C52H30N2S/c1-11-35(27-39(13-1)53-43-15-3-7-31-19-20-32-8-4-16-44(53)50(32)49(31)43)37-23-25-47-41(29-37)42-30-38(24-26-48(42)55-47)36-12-2-14-40(28-36)54-45-17-5-9-33-21-22-34-10-6-18-46(54)52(34)51(33)45/h1-30H.